The quantitative estimate of drug-likeness (QED) is 0.231. The van der Waals surface area contributed by atoms with Gasteiger partial charge in [-0.3, -0.25) is 5.10 Å². The van der Waals surface area contributed by atoms with Crippen molar-refractivity contribution in [2.24, 2.45) is 0 Å². The summed E-state index contributed by atoms with van der Waals surface area (Å²) in [7, 11) is 0. The summed E-state index contributed by atoms with van der Waals surface area (Å²) in [4.78, 5) is 12.1. The molecule has 0 aliphatic carbocycles. The maximum atomic E-state index is 12.1. The normalized spacial score (nSPS) is 12.2. The molecule has 3 aromatic carbocycles. The molecule has 1 unspecified atom stereocenters. The molecular formula is C29H30N2O3. The molecule has 174 valence electrons. The molecule has 0 bridgehead atoms. The van der Waals surface area contributed by atoms with Crippen LogP contribution in [0.25, 0.3) is 16.8 Å². The van der Waals surface area contributed by atoms with Crippen molar-refractivity contribution in [3.63, 3.8) is 0 Å². The first-order valence-electron chi connectivity index (χ1n) is 11.7. The van der Waals surface area contributed by atoms with E-state index in [4.69, 9.17) is 9.47 Å². The molecule has 0 amide bonds. The van der Waals surface area contributed by atoms with Gasteiger partial charge in [0.1, 0.15) is 5.75 Å². The standard InChI is InChI=1S/C29H30N2O3/c1-3-21(2)34-29(32)13-12-25-11-9-23(19-27-14-16-30-31-27)20-28(25)33-17-15-22-8-10-24-6-4-5-7-26(24)18-22/h4-14,16,18,20-21H,3,15,17,19H2,1-2H3,(H,30,31). The molecule has 4 rings (SSSR count). The minimum atomic E-state index is -0.349. The van der Waals surface area contributed by atoms with E-state index in [1.165, 1.54) is 22.4 Å². The van der Waals surface area contributed by atoms with E-state index in [2.05, 4.69) is 52.7 Å². The van der Waals surface area contributed by atoms with Crippen LogP contribution < -0.4 is 4.74 Å². The number of ether oxygens (including phenoxy) is 2. The molecule has 5 nitrogen and oxygen atoms in total. The van der Waals surface area contributed by atoms with Crippen LogP contribution in [0, 0.1) is 0 Å². The number of aromatic amines is 1. The van der Waals surface area contributed by atoms with Gasteiger partial charge >= 0.3 is 5.97 Å². The lowest BCUT2D eigenvalue weighted by atomic mass is 10.0. The third-order valence-corrected chi connectivity index (χ3v) is 5.78. The third-order valence-electron chi connectivity index (χ3n) is 5.78. The highest BCUT2D eigenvalue weighted by Crippen LogP contribution is 2.24. The molecule has 34 heavy (non-hydrogen) atoms. The Balaban J connectivity index is 1.48. The lowest BCUT2D eigenvalue weighted by Gasteiger charge is -2.12. The summed E-state index contributed by atoms with van der Waals surface area (Å²) >= 11 is 0. The molecule has 1 heterocycles. The van der Waals surface area contributed by atoms with E-state index in [1.54, 1.807) is 12.3 Å². The molecule has 1 atom stereocenters. The molecule has 0 spiro atoms. The van der Waals surface area contributed by atoms with E-state index < -0.39 is 0 Å². The number of benzene rings is 3. The number of hydrogen-bond donors (Lipinski definition) is 1. The van der Waals surface area contributed by atoms with Gasteiger partial charge in [-0.15, -0.1) is 0 Å². The Kier molecular flexibility index (Phi) is 7.76. The van der Waals surface area contributed by atoms with Gasteiger partial charge < -0.3 is 9.47 Å². The van der Waals surface area contributed by atoms with Crippen LogP contribution in [-0.4, -0.2) is 28.9 Å². The van der Waals surface area contributed by atoms with Gasteiger partial charge in [0, 0.05) is 36.4 Å². The van der Waals surface area contributed by atoms with Crippen LogP contribution in [0.1, 0.15) is 42.7 Å². The van der Waals surface area contributed by atoms with Crippen molar-refractivity contribution in [2.45, 2.75) is 39.2 Å². The monoisotopic (exact) mass is 454 g/mol. The fraction of sp³-hybridized carbons (Fsp3) is 0.241. The van der Waals surface area contributed by atoms with Crippen LogP contribution >= 0.6 is 0 Å². The highest BCUT2D eigenvalue weighted by atomic mass is 16.5. The van der Waals surface area contributed by atoms with Crippen molar-refractivity contribution in [3.8, 4) is 5.75 Å². The minimum Gasteiger partial charge on any atom is -0.493 e. The number of nitrogens with zero attached hydrogens (tertiary/aromatic N) is 1. The van der Waals surface area contributed by atoms with Crippen LogP contribution in [0.4, 0.5) is 0 Å². The number of carbonyl (C=O) groups is 1. The summed E-state index contributed by atoms with van der Waals surface area (Å²) in [5.41, 5.74) is 4.20. The summed E-state index contributed by atoms with van der Waals surface area (Å²) in [6.07, 6.45) is 7.16. The lowest BCUT2D eigenvalue weighted by Crippen LogP contribution is -2.11. The van der Waals surface area contributed by atoms with Crippen LogP contribution in [0.15, 0.2) is 79.0 Å². The van der Waals surface area contributed by atoms with Gasteiger partial charge in [0.2, 0.25) is 0 Å². The van der Waals surface area contributed by atoms with E-state index >= 15 is 0 Å². The molecule has 1 aromatic heterocycles. The number of rotatable bonds is 10. The van der Waals surface area contributed by atoms with Gasteiger partial charge in [0.15, 0.2) is 0 Å². The molecule has 5 heteroatoms. The number of nitrogens with one attached hydrogen (secondary N) is 1. The number of hydrogen-bond acceptors (Lipinski definition) is 4. The van der Waals surface area contributed by atoms with E-state index in [9.17, 15) is 4.79 Å². The van der Waals surface area contributed by atoms with Crippen molar-refractivity contribution < 1.29 is 14.3 Å². The molecule has 0 fully saturated rings. The summed E-state index contributed by atoms with van der Waals surface area (Å²) in [5.74, 6) is 0.392. The van der Waals surface area contributed by atoms with E-state index in [0.717, 1.165) is 41.8 Å². The zero-order valence-electron chi connectivity index (χ0n) is 19.7. The number of esters is 1. The predicted molar refractivity (Wildman–Crippen MR) is 136 cm³/mol. The first kappa shape index (κ1) is 23.3. The maximum Gasteiger partial charge on any atom is 0.331 e. The number of carbonyl (C=O) groups excluding carboxylic acids is 1. The molecule has 0 saturated carbocycles. The Morgan fingerprint density at radius 1 is 1.03 bits per heavy atom. The number of H-pyrrole nitrogens is 1. The fourth-order valence-electron chi connectivity index (χ4n) is 3.71. The topological polar surface area (TPSA) is 64.2 Å². The van der Waals surface area contributed by atoms with Gasteiger partial charge in [-0.2, -0.15) is 5.10 Å². The smallest absolute Gasteiger partial charge is 0.331 e. The second-order valence-electron chi connectivity index (χ2n) is 8.40. The molecule has 0 radical (unpaired) electrons. The zero-order valence-corrected chi connectivity index (χ0v) is 19.7. The Morgan fingerprint density at radius 2 is 1.85 bits per heavy atom. The molecule has 1 N–H and O–H groups in total. The van der Waals surface area contributed by atoms with Gasteiger partial charge in [-0.05, 0) is 53.5 Å². The highest BCUT2D eigenvalue weighted by Gasteiger charge is 2.08. The van der Waals surface area contributed by atoms with Crippen molar-refractivity contribution in [3.05, 3.63) is 101 Å². The molecule has 4 aromatic rings. The van der Waals surface area contributed by atoms with Crippen molar-refractivity contribution in [2.75, 3.05) is 6.61 Å². The fourth-order valence-corrected chi connectivity index (χ4v) is 3.71. The summed E-state index contributed by atoms with van der Waals surface area (Å²) in [6, 6.07) is 22.8. The molecule has 0 aliphatic rings. The average Bonchev–Trinajstić information content (AvgIpc) is 3.36. The van der Waals surface area contributed by atoms with Crippen LogP contribution in [-0.2, 0) is 22.4 Å². The van der Waals surface area contributed by atoms with Crippen molar-refractivity contribution >= 4 is 22.8 Å². The van der Waals surface area contributed by atoms with E-state index in [1.807, 2.05) is 38.1 Å². The molecule has 0 saturated heterocycles. The maximum absolute atomic E-state index is 12.1. The summed E-state index contributed by atoms with van der Waals surface area (Å²) in [6.45, 7) is 4.41. The Hall–Kier alpha value is -3.86. The van der Waals surface area contributed by atoms with Crippen LogP contribution in [0.3, 0.4) is 0 Å². The van der Waals surface area contributed by atoms with E-state index in [0.29, 0.717) is 6.61 Å². The third kappa shape index (κ3) is 6.35. The van der Waals surface area contributed by atoms with Crippen LogP contribution in [0.5, 0.6) is 5.75 Å². The summed E-state index contributed by atoms with van der Waals surface area (Å²) in [5, 5.41) is 9.48. The van der Waals surface area contributed by atoms with Gasteiger partial charge in [-0.1, -0.05) is 61.5 Å². The Bertz CT molecular complexity index is 1260. The van der Waals surface area contributed by atoms with Gasteiger partial charge in [0.05, 0.1) is 12.7 Å². The molecular weight excluding hydrogens is 424 g/mol. The first-order valence-corrected chi connectivity index (χ1v) is 11.7. The predicted octanol–water partition coefficient (Wildman–Crippen LogP) is 6.13. The second-order valence-corrected chi connectivity index (χ2v) is 8.40. The highest BCUT2D eigenvalue weighted by molar-refractivity contribution is 5.87. The number of aromatic nitrogens is 2. The average molecular weight is 455 g/mol. The Morgan fingerprint density at radius 3 is 2.65 bits per heavy atom. The Labute approximate surface area is 200 Å². The number of fused-ring (bicyclic) bond motifs is 1. The first-order chi connectivity index (χ1) is 16.6. The van der Waals surface area contributed by atoms with Crippen molar-refractivity contribution in [1.29, 1.82) is 0 Å². The SMILES string of the molecule is CCC(C)OC(=O)C=Cc1ccc(Cc2ccn[nH]2)cc1OCCc1ccc2ccccc2c1. The van der Waals surface area contributed by atoms with Gasteiger partial charge in [0.25, 0.3) is 0 Å². The van der Waals surface area contributed by atoms with Gasteiger partial charge in [-0.25, -0.2) is 4.79 Å². The largest absolute Gasteiger partial charge is 0.493 e. The lowest BCUT2D eigenvalue weighted by molar-refractivity contribution is -0.142. The summed E-state index contributed by atoms with van der Waals surface area (Å²) < 4.78 is 11.6. The van der Waals surface area contributed by atoms with Crippen LogP contribution in [0.2, 0.25) is 0 Å². The second kappa shape index (κ2) is 11.3. The van der Waals surface area contributed by atoms with E-state index in [-0.39, 0.29) is 12.1 Å². The minimum absolute atomic E-state index is 0.105. The van der Waals surface area contributed by atoms with Crippen molar-refractivity contribution in [1.82, 2.24) is 10.2 Å². The zero-order chi connectivity index (χ0) is 23.8. The molecule has 0 aliphatic heterocycles.